The molecule has 0 bridgehead atoms. The van der Waals surface area contributed by atoms with Crippen molar-refractivity contribution in [2.24, 2.45) is 17.6 Å². The topological polar surface area (TPSA) is 81.2 Å². The summed E-state index contributed by atoms with van der Waals surface area (Å²) in [6, 6.07) is 1.83. The summed E-state index contributed by atoms with van der Waals surface area (Å²) in [6.07, 6.45) is 2.40. The molecule has 0 fully saturated rings. The molecular formula is C14H25N3O2. The molecule has 1 heterocycles. The van der Waals surface area contributed by atoms with Gasteiger partial charge in [0.2, 0.25) is 5.91 Å². The van der Waals surface area contributed by atoms with Crippen LogP contribution in [0.15, 0.2) is 10.6 Å². The molecule has 0 aromatic carbocycles. The lowest BCUT2D eigenvalue weighted by Crippen LogP contribution is -2.24. The molecule has 0 aliphatic rings. The Morgan fingerprint density at radius 3 is 2.74 bits per heavy atom. The fourth-order valence-electron chi connectivity index (χ4n) is 2.12. The molecule has 0 aliphatic carbocycles. The number of nitrogens with two attached hydrogens (primary N) is 1. The van der Waals surface area contributed by atoms with Gasteiger partial charge >= 0.3 is 0 Å². The molecule has 19 heavy (non-hydrogen) atoms. The van der Waals surface area contributed by atoms with Crippen LogP contribution in [-0.4, -0.2) is 17.6 Å². The summed E-state index contributed by atoms with van der Waals surface area (Å²) in [4.78, 5) is 11.8. The van der Waals surface area contributed by atoms with Gasteiger partial charge in [0.05, 0.1) is 12.2 Å². The number of rotatable bonds is 8. The molecule has 5 heteroatoms. The van der Waals surface area contributed by atoms with Crippen LogP contribution in [0.4, 0.5) is 0 Å². The summed E-state index contributed by atoms with van der Waals surface area (Å²) in [7, 11) is 0. The fourth-order valence-corrected chi connectivity index (χ4v) is 2.12. The van der Waals surface area contributed by atoms with Crippen molar-refractivity contribution < 1.29 is 9.32 Å². The average molecular weight is 267 g/mol. The van der Waals surface area contributed by atoms with Crippen molar-refractivity contribution in [3.63, 3.8) is 0 Å². The highest BCUT2D eigenvalue weighted by Gasteiger charge is 2.14. The van der Waals surface area contributed by atoms with Gasteiger partial charge in [-0.15, -0.1) is 0 Å². The first-order chi connectivity index (χ1) is 9.02. The van der Waals surface area contributed by atoms with Gasteiger partial charge < -0.3 is 15.6 Å². The standard InChI is InChI=1S/C14H25N3O2/c1-10(2)12(6-7-15)4-5-14(18)16-9-13-8-11(3)17-19-13/h8,10,12H,4-7,9,15H2,1-3H3,(H,16,18). The molecule has 1 aromatic heterocycles. The molecule has 1 atom stereocenters. The highest BCUT2D eigenvalue weighted by Crippen LogP contribution is 2.20. The van der Waals surface area contributed by atoms with Crippen LogP contribution in [0.1, 0.15) is 44.6 Å². The highest BCUT2D eigenvalue weighted by atomic mass is 16.5. The van der Waals surface area contributed by atoms with E-state index >= 15 is 0 Å². The van der Waals surface area contributed by atoms with E-state index in [1.807, 2.05) is 13.0 Å². The Balaban J connectivity index is 2.27. The van der Waals surface area contributed by atoms with Crippen LogP contribution in [0.5, 0.6) is 0 Å². The van der Waals surface area contributed by atoms with Crippen LogP contribution in [0.3, 0.4) is 0 Å². The Kier molecular flexibility index (Phi) is 6.56. The van der Waals surface area contributed by atoms with E-state index in [1.54, 1.807) is 0 Å². The van der Waals surface area contributed by atoms with Gasteiger partial charge in [0.15, 0.2) is 5.76 Å². The quantitative estimate of drug-likeness (QED) is 0.755. The minimum absolute atomic E-state index is 0.0525. The number of aryl methyl sites for hydroxylation is 1. The number of nitrogens with one attached hydrogen (secondary N) is 1. The lowest BCUT2D eigenvalue weighted by atomic mass is 9.88. The van der Waals surface area contributed by atoms with Gasteiger partial charge in [-0.25, -0.2) is 0 Å². The summed E-state index contributed by atoms with van der Waals surface area (Å²) >= 11 is 0. The number of carbonyl (C=O) groups excluding carboxylic acids is 1. The van der Waals surface area contributed by atoms with Gasteiger partial charge in [0.25, 0.3) is 0 Å². The van der Waals surface area contributed by atoms with E-state index in [9.17, 15) is 4.79 Å². The third-order valence-corrected chi connectivity index (χ3v) is 3.36. The minimum Gasteiger partial charge on any atom is -0.359 e. The first-order valence-electron chi connectivity index (χ1n) is 6.92. The van der Waals surface area contributed by atoms with E-state index in [1.165, 1.54) is 0 Å². The van der Waals surface area contributed by atoms with Crippen LogP contribution < -0.4 is 11.1 Å². The van der Waals surface area contributed by atoms with Crippen molar-refractivity contribution in [2.75, 3.05) is 6.54 Å². The lowest BCUT2D eigenvalue weighted by Gasteiger charge is -2.19. The van der Waals surface area contributed by atoms with E-state index in [4.69, 9.17) is 10.3 Å². The molecule has 0 saturated heterocycles. The van der Waals surface area contributed by atoms with Crippen molar-refractivity contribution in [2.45, 2.75) is 46.6 Å². The van der Waals surface area contributed by atoms with Gasteiger partial charge in [0, 0.05) is 12.5 Å². The number of amides is 1. The molecular weight excluding hydrogens is 242 g/mol. The second kappa shape index (κ2) is 7.94. The Labute approximate surface area is 114 Å². The molecule has 108 valence electrons. The first kappa shape index (κ1) is 15.7. The summed E-state index contributed by atoms with van der Waals surface area (Å²) in [5.74, 6) is 1.82. The minimum atomic E-state index is 0.0525. The molecule has 0 saturated carbocycles. The number of hydrogen-bond donors (Lipinski definition) is 2. The van der Waals surface area contributed by atoms with Gasteiger partial charge in [-0.05, 0) is 38.1 Å². The predicted octanol–water partition coefficient (Wildman–Crippen LogP) is 2.00. The number of hydrogen-bond acceptors (Lipinski definition) is 4. The van der Waals surface area contributed by atoms with Crippen molar-refractivity contribution in [1.29, 1.82) is 0 Å². The summed E-state index contributed by atoms with van der Waals surface area (Å²) < 4.78 is 5.04. The Morgan fingerprint density at radius 1 is 1.47 bits per heavy atom. The van der Waals surface area contributed by atoms with Crippen molar-refractivity contribution in [3.8, 4) is 0 Å². The summed E-state index contributed by atoms with van der Waals surface area (Å²) in [5, 5.41) is 6.62. The average Bonchev–Trinajstić information content (AvgIpc) is 2.77. The molecule has 5 nitrogen and oxygen atoms in total. The third kappa shape index (κ3) is 5.87. The van der Waals surface area contributed by atoms with Crippen LogP contribution in [-0.2, 0) is 11.3 Å². The molecule has 0 aliphatic heterocycles. The molecule has 1 amide bonds. The van der Waals surface area contributed by atoms with Gasteiger partial charge in [-0.3, -0.25) is 4.79 Å². The predicted molar refractivity (Wildman–Crippen MR) is 74.3 cm³/mol. The number of nitrogens with zero attached hydrogens (tertiary/aromatic N) is 1. The van der Waals surface area contributed by atoms with E-state index in [0.29, 0.717) is 37.1 Å². The third-order valence-electron chi connectivity index (χ3n) is 3.36. The second-order valence-electron chi connectivity index (χ2n) is 5.33. The molecule has 0 radical (unpaired) electrons. The number of carbonyl (C=O) groups is 1. The molecule has 1 aromatic rings. The first-order valence-corrected chi connectivity index (χ1v) is 6.92. The highest BCUT2D eigenvalue weighted by molar-refractivity contribution is 5.75. The Morgan fingerprint density at radius 2 is 2.21 bits per heavy atom. The van der Waals surface area contributed by atoms with Crippen molar-refractivity contribution in [1.82, 2.24) is 10.5 Å². The number of aromatic nitrogens is 1. The van der Waals surface area contributed by atoms with Crippen molar-refractivity contribution in [3.05, 3.63) is 17.5 Å². The van der Waals surface area contributed by atoms with Gasteiger partial charge in [-0.2, -0.15) is 0 Å². The van der Waals surface area contributed by atoms with Gasteiger partial charge in [0.1, 0.15) is 0 Å². The summed E-state index contributed by atoms with van der Waals surface area (Å²) in [6.45, 7) is 7.30. The van der Waals surface area contributed by atoms with Gasteiger partial charge in [-0.1, -0.05) is 19.0 Å². The maximum Gasteiger partial charge on any atom is 0.220 e. The second-order valence-corrected chi connectivity index (χ2v) is 5.33. The van der Waals surface area contributed by atoms with E-state index in [0.717, 1.165) is 18.5 Å². The van der Waals surface area contributed by atoms with Crippen LogP contribution in [0.2, 0.25) is 0 Å². The zero-order valence-corrected chi connectivity index (χ0v) is 12.1. The van der Waals surface area contributed by atoms with Crippen molar-refractivity contribution >= 4 is 5.91 Å². The monoisotopic (exact) mass is 267 g/mol. The van der Waals surface area contributed by atoms with E-state index < -0.39 is 0 Å². The SMILES string of the molecule is Cc1cc(CNC(=O)CCC(CCN)C(C)C)on1. The molecule has 3 N–H and O–H groups in total. The maximum absolute atomic E-state index is 11.8. The van der Waals surface area contributed by atoms with E-state index in [2.05, 4.69) is 24.3 Å². The normalized spacial score (nSPS) is 12.7. The largest absolute Gasteiger partial charge is 0.359 e. The molecule has 1 rings (SSSR count). The zero-order chi connectivity index (χ0) is 14.3. The Hall–Kier alpha value is -1.36. The maximum atomic E-state index is 11.8. The van der Waals surface area contributed by atoms with Crippen LogP contribution in [0.25, 0.3) is 0 Å². The zero-order valence-electron chi connectivity index (χ0n) is 12.1. The lowest BCUT2D eigenvalue weighted by molar-refractivity contribution is -0.121. The van der Waals surface area contributed by atoms with Crippen LogP contribution in [0, 0.1) is 18.8 Å². The van der Waals surface area contributed by atoms with Crippen LogP contribution >= 0.6 is 0 Å². The van der Waals surface area contributed by atoms with E-state index in [-0.39, 0.29) is 5.91 Å². The summed E-state index contributed by atoms with van der Waals surface area (Å²) in [5.41, 5.74) is 6.42. The fraction of sp³-hybridized carbons (Fsp3) is 0.714. The smallest absolute Gasteiger partial charge is 0.220 e. The molecule has 1 unspecified atom stereocenters. The Bertz CT molecular complexity index is 388. The molecule has 0 spiro atoms.